The number of anilines is 2. The summed E-state index contributed by atoms with van der Waals surface area (Å²) in [5.74, 6) is -0.790. The van der Waals surface area contributed by atoms with E-state index in [1.807, 2.05) is 11.8 Å². The fourth-order valence-corrected chi connectivity index (χ4v) is 4.38. The predicted molar refractivity (Wildman–Crippen MR) is 114 cm³/mol. The second-order valence-electron chi connectivity index (χ2n) is 7.87. The van der Waals surface area contributed by atoms with Crippen molar-refractivity contribution in [2.45, 2.75) is 45.1 Å². The van der Waals surface area contributed by atoms with Crippen molar-refractivity contribution in [2.75, 3.05) is 23.3 Å². The van der Waals surface area contributed by atoms with Gasteiger partial charge in [0.1, 0.15) is 11.9 Å². The van der Waals surface area contributed by atoms with E-state index in [0.29, 0.717) is 23.4 Å². The van der Waals surface area contributed by atoms with Crippen molar-refractivity contribution in [3.05, 3.63) is 53.6 Å². The third-order valence-electron chi connectivity index (χ3n) is 5.83. The third-order valence-corrected chi connectivity index (χ3v) is 5.83. The van der Waals surface area contributed by atoms with Crippen LogP contribution in [0.2, 0.25) is 0 Å². The fourth-order valence-electron chi connectivity index (χ4n) is 4.38. The topological polar surface area (TPSA) is 61.9 Å². The lowest BCUT2D eigenvalue weighted by molar-refractivity contribution is -0.274. The Morgan fingerprint density at radius 3 is 2.56 bits per heavy atom. The number of ether oxygens (including phenoxy) is 1. The molecule has 2 aliphatic heterocycles. The summed E-state index contributed by atoms with van der Waals surface area (Å²) in [4.78, 5) is 30.0. The number of nitrogens with zero attached hydrogens (tertiary/aromatic N) is 2. The number of amides is 2. The van der Waals surface area contributed by atoms with Crippen LogP contribution in [0.15, 0.2) is 42.5 Å². The van der Waals surface area contributed by atoms with Crippen LogP contribution in [-0.2, 0) is 0 Å². The molecule has 1 N–H and O–H groups in total. The molecule has 2 heterocycles. The highest BCUT2D eigenvalue weighted by Gasteiger charge is 2.37. The number of hydrogen-bond acceptors (Lipinski definition) is 4. The number of benzene rings is 2. The summed E-state index contributed by atoms with van der Waals surface area (Å²) in [5.41, 5.74) is 2.02. The maximum Gasteiger partial charge on any atom is 0.573 e. The molecule has 2 amide bonds. The van der Waals surface area contributed by atoms with E-state index in [4.69, 9.17) is 0 Å². The van der Waals surface area contributed by atoms with Crippen LogP contribution >= 0.6 is 0 Å². The van der Waals surface area contributed by atoms with Crippen LogP contribution in [0.1, 0.15) is 53.3 Å². The number of rotatable bonds is 4. The van der Waals surface area contributed by atoms with Gasteiger partial charge >= 0.3 is 6.36 Å². The molecule has 0 spiro atoms. The number of alkyl halides is 3. The van der Waals surface area contributed by atoms with Gasteiger partial charge in [-0.05, 0) is 68.7 Å². The monoisotopic (exact) mass is 447 g/mol. The molecule has 0 radical (unpaired) electrons. The van der Waals surface area contributed by atoms with Gasteiger partial charge in [0, 0.05) is 24.3 Å². The molecular weight excluding hydrogens is 423 g/mol. The van der Waals surface area contributed by atoms with E-state index < -0.39 is 12.3 Å². The second kappa shape index (κ2) is 8.72. The van der Waals surface area contributed by atoms with Gasteiger partial charge in [-0.1, -0.05) is 6.42 Å². The minimum absolute atomic E-state index is 0.0104. The summed E-state index contributed by atoms with van der Waals surface area (Å²) in [5, 5.41) is 2.68. The molecule has 1 saturated heterocycles. The number of hydrogen-bond donors (Lipinski definition) is 1. The summed E-state index contributed by atoms with van der Waals surface area (Å²) >= 11 is 0. The first-order chi connectivity index (χ1) is 15.3. The Morgan fingerprint density at radius 1 is 1.12 bits per heavy atom. The molecule has 0 bridgehead atoms. The van der Waals surface area contributed by atoms with Crippen LogP contribution in [0, 0.1) is 0 Å². The average molecular weight is 447 g/mol. The zero-order chi connectivity index (χ0) is 22.9. The highest BCUT2D eigenvalue weighted by molar-refractivity contribution is 6.08. The standard InChI is InChI=1S/C23H24F3N3O3/c1-2-28-19-14-15(7-12-18(19)22(31)29-13-5-3-4-6-20(28)29)21(30)27-16-8-10-17(11-9-16)32-23(24,25)26/h7-12,14,20H,2-6,13H2,1H3,(H,27,30). The van der Waals surface area contributed by atoms with Crippen molar-refractivity contribution in [1.82, 2.24) is 4.90 Å². The molecule has 1 atom stereocenters. The van der Waals surface area contributed by atoms with Gasteiger partial charge in [-0.15, -0.1) is 13.2 Å². The van der Waals surface area contributed by atoms with Crippen LogP contribution in [0.3, 0.4) is 0 Å². The van der Waals surface area contributed by atoms with E-state index in [1.165, 1.54) is 12.1 Å². The van der Waals surface area contributed by atoms with Crippen LogP contribution in [0.5, 0.6) is 5.75 Å². The Kier molecular flexibility index (Phi) is 5.99. The molecule has 2 aromatic carbocycles. The third kappa shape index (κ3) is 4.51. The first-order valence-corrected chi connectivity index (χ1v) is 10.7. The predicted octanol–water partition coefficient (Wildman–Crippen LogP) is 5.02. The number of carbonyl (C=O) groups is 2. The van der Waals surface area contributed by atoms with Crippen molar-refractivity contribution in [3.63, 3.8) is 0 Å². The Morgan fingerprint density at radius 2 is 1.88 bits per heavy atom. The molecule has 2 aromatic rings. The van der Waals surface area contributed by atoms with E-state index in [9.17, 15) is 22.8 Å². The van der Waals surface area contributed by atoms with Crippen molar-refractivity contribution in [2.24, 2.45) is 0 Å². The Bertz CT molecular complexity index is 1010. The Labute approximate surface area is 183 Å². The molecule has 0 aliphatic carbocycles. The minimum Gasteiger partial charge on any atom is -0.406 e. The molecule has 0 aromatic heterocycles. The zero-order valence-corrected chi connectivity index (χ0v) is 17.6. The molecule has 2 aliphatic rings. The molecule has 1 unspecified atom stereocenters. The van der Waals surface area contributed by atoms with Crippen LogP contribution in [0.4, 0.5) is 24.5 Å². The summed E-state index contributed by atoms with van der Waals surface area (Å²) in [6.45, 7) is 3.46. The number of fused-ring (bicyclic) bond motifs is 2. The van der Waals surface area contributed by atoms with Gasteiger partial charge in [0.15, 0.2) is 0 Å². The van der Waals surface area contributed by atoms with Gasteiger partial charge in [0.25, 0.3) is 11.8 Å². The van der Waals surface area contributed by atoms with Gasteiger partial charge in [-0.25, -0.2) is 0 Å². The van der Waals surface area contributed by atoms with Gasteiger partial charge < -0.3 is 19.9 Å². The first kappa shape index (κ1) is 22.0. The summed E-state index contributed by atoms with van der Waals surface area (Å²) < 4.78 is 40.8. The van der Waals surface area contributed by atoms with Crippen molar-refractivity contribution >= 4 is 23.2 Å². The lowest BCUT2D eigenvalue weighted by Gasteiger charge is -2.44. The van der Waals surface area contributed by atoms with E-state index in [1.54, 1.807) is 18.2 Å². The molecule has 6 nitrogen and oxygen atoms in total. The van der Waals surface area contributed by atoms with Gasteiger partial charge in [-0.2, -0.15) is 0 Å². The number of carbonyl (C=O) groups excluding carboxylic acids is 2. The maximum atomic E-state index is 13.1. The molecular formula is C23H24F3N3O3. The lowest BCUT2D eigenvalue weighted by atomic mass is 10.0. The molecule has 32 heavy (non-hydrogen) atoms. The summed E-state index contributed by atoms with van der Waals surface area (Å²) in [7, 11) is 0. The second-order valence-corrected chi connectivity index (χ2v) is 7.87. The normalized spacial score (nSPS) is 18.5. The smallest absolute Gasteiger partial charge is 0.406 e. The molecule has 1 fully saturated rings. The molecule has 170 valence electrons. The fraction of sp³-hybridized carbons (Fsp3) is 0.391. The average Bonchev–Trinajstić information content (AvgIpc) is 3.00. The van der Waals surface area contributed by atoms with E-state index in [0.717, 1.165) is 50.0 Å². The highest BCUT2D eigenvalue weighted by Crippen LogP contribution is 2.35. The summed E-state index contributed by atoms with van der Waals surface area (Å²) in [6, 6.07) is 9.93. The maximum absolute atomic E-state index is 13.1. The lowest BCUT2D eigenvalue weighted by Crippen LogP contribution is -2.55. The van der Waals surface area contributed by atoms with Crippen molar-refractivity contribution in [3.8, 4) is 5.75 Å². The quantitative estimate of drug-likeness (QED) is 0.715. The van der Waals surface area contributed by atoms with E-state index in [2.05, 4.69) is 15.0 Å². The molecule has 9 heteroatoms. The van der Waals surface area contributed by atoms with E-state index in [-0.39, 0.29) is 17.8 Å². The highest BCUT2D eigenvalue weighted by atomic mass is 19.4. The van der Waals surface area contributed by atoms with Gasteiger partial charge in [-0.3, -0.25) is 9.59 Å². The zero-order valence-electron chi connectivity index (χ0n) is 17.6. The first-order valence-electron chi connectivity index (χ1n) is 10.7. The Hall–Kier alpha value is -3.23. The van der Waals surface area contributed by atoms with Crippen LogP contribution in [-0.4, -0.2) is 42.3 Å². The van der Waals surface area contributed by atoms with E-state index >= 15 is 0 Å². The minimum atomic E-state index is -4.77. The largest absolute Gasteiger partial charge is 0.573 e. The van der Waals surface area contributed by atoms with Gasteiger partial charge in [0.05, 0.1) is 11.3 Å². The Balaban J connectivity index is 1.55. The van der Waals surface area contributed by atoms with Crippen molar-refractivity contribution < 1.29 is 27.5 Å². The summed E-state index contributed by atoms with van der Waals surface area (Å²) in [6.07, 6.45) is -0.765. The SMILES string of the molecule is CCN1c2cc(C(=O)Nc3ccc(OC(F)(F)F)cc3)ccc2C(=O)N2CCCCCC21. The van der Waals surface area contributed by atoms with Crippen molar-refractivity contribution in [1.29, 1.82) is 0 Å². The number of halogens is 3. The van der Waals surface area contributed by atoms with Crippen LogP contribution < -0.4 is 15.0 Å². The number of nitrogens with one attached hydrogen (secondary N) is 1. The van der Waals surface area contributed by atoms with Gasteiger partial charge in [0.2, 0.25) is 0 Å². The van der Waals surface area contributed by atoms with Crippen LogP contribution in [0.25, 0.3) is 0 Å². The molecule has 4 rings (SSSR count). The molecule has 0 saturated carbocycles.